The third-order valence-corrected chi connectivity index (χ3v) is 3.69. The lowest BCUT2D eigenvalue weighted by molar-refractivity contribution is 0.102. The third kappa shape index (κ3) is 4.41. The minimum atomic E-state index is -0.188. The van der Waals surface area contributed by atoms with Crippen LogP contribution >= 0.6 is 0 Å². The van der Waals surface area contributed by atoms with Crippen molar-refractivity contribution in [2.45, 2.75) is 0 Å². The van der Waals surface area contributed by atoms with Crippen LogP contribution in [0.1, 0.15) is 21.5 Å². The molecule has 6 heteroatoms. The van der Waals surface area contributed by atoms with Crippen molar-refractivity contribution in [1.29, 1.82) is 10.5 Å². The molecular weight excluding hydrogens is 338 g/mol. The van der Waals surface area contributed by atoms with Crippen molar-refractivity contribution < 1.29 is 4.79 Å². The number of carbonyl (C=O) groups excluding carboxylic acids is 1. The molecule has 0 spiro atoms. The van der Waals surface area contributed by atoms with E-state index < -0.39 is 0 Å². The van der Waals surface area contributed by atoms with Crippen molar-refractivity contribution in [3.63, 3.8) is 0 Å². The number of nitrogens with one attached hydrogen (secondary N) is 1. The highest BCUT2D eigenvalue weighted by atomic mass is 16.1. The summed E-state index contributed by atoms with van der Waals surface area (Å²) in [4.78, 5) is 12.1. The van der Waals surface area contributed by atoms with E-state index in [1.165, 1.54) is 12.1 Å². The lowest BCUT2D eigenvalue weighted by Gasteiger charge is -2.05. The summed E-state index contributed by atoms with van der Waals surface area (Å²) >= 11 is 0. The molecule has 0 saturated carbocycles. The molecule has 0 fully saturated rings. The SMILES string of the molecule is N#Cc1ccc(N=Nc2ccc(NC(=O)c3ccccc3)cc2)cc1C#N. The van der Waals surface area contributed by atoms with E-state index in [0.717, 1.165) is 0 Å². The Bertz CT molecular complexity index is 1070. The highest BCUT2D eigenvalue weighted by molar-refractivity contribution is 6.04. The smallest absolute Gasteiger partial charge is 0.255 e. The number of carbonyl (C=O) groups is 1. The van der Waals surface area contributed by atoms with E-state index in [4.69, 9.17) is 10.5 Å². The quantitative estimate of drug-likeness (QED) is 0.662. The second-order valence-electron chi connectivity index (χ2n) is 5.52. The molecule has 3 rings (SSSR count). The number of benzene rings is 3. The maximum atomic E-state index is 12.1. The van der Waals surface area contributed by atoms with Crippen molar-refractivity contribution in [2.24, 2.45) is 10.2 Å². The average Bonchev–Trinajstić information content (AvgIpc) is 2.73. The van der Waals surface area contributed by atoms with Crippen molar-refractivity contribution in [3.8, 4) is 12.1 Å². The molecule has 0 aliphatic rings. The van der Waals surface area contributed by atoms with Gasteiger partial charge in [0.25, 0.3) is 5.91 Å². The van der Waals surface area contributed by atoms with Crippen molar-refractivity contribution in [2.75, 3.05) is 5.32 Å². The molecule has 0 atom stereocenters. The van der Waals surface area contributed by atoms with Crippen molar-refractivity contribution >= 4 is 23.0 Å². The van der Waals surface area contributed by atoms with Gasteiger partial charge in [-0.15, -0.1) is 0 Å². The summed E-state index contributed by atoms with van der Waals surface area (Å²) < 4.78 is 0. The monoisotopic (exact) mass is 351 g/mol. The molecule has 3 aromatic rings. The van der Waals surface area contributed by atoms with E-state index in [1.807, 2.05) is 18.2 Å². The van der Waals surface area contributed by atoms with Gasteiger partial charge in [0.1, 0.15) is 12.1 Å². The molecule has 0 aliphatic heterocycles. The second kappa shape index (κ2) is 8.19. The van der Waals surface area contributed by atoms with Crippen LogP contribution in [-0.2, 0) is 0 Å². The van der Waals surface area contributed by atoms with Gasteiger partial charge in [-0.3, -0.25) is 4.79 Å². The third-order valence-electron chi connectivity index (χ3n) is 3.69. The molecule has 0 unspecified atom stereocenters. The summed E-state index contributed by atoms with van der Waals surface area (Å²) in [6.45, 7) is 0. The minimum absolute atomic E-state index is 0.188. The fraction of sp³-hybridized carbons (Fsp3) is 0. The zero-order chi connectivity index (χ0) is 19.1. The molecule has 0 bridgehead atoms. The normalized spacial score (nSPS) is 10.1. The van der Waals surface area contributed by atoms with Gasteiger partial charge in [-0.1, -0.05) is 18.2 Å². The van der Waals surface area contributed by atoms with Gasteiger partial charge in [-0.05, 0) is 54.6 Å². The molecule has 6 nitrogen and oxygen atoms in total. The summed E-state index contributed by atoms with van der Waals surface area (Å²) in [6.07, 6.45) is 0. The van der Waals surface area contributed by atoms with Crippen LogP contribution in [0, 0.1) is 22.7 Å². The molecule has 1 amide bonds. The van der Waals surface area contributed by atoms with E-state index >= 15 is 0 Å². The van der Waals surface area contributed by atoms with E-state index in [0.29, 0.717) is 28.2 Å². The van der Waals surface area contributed by atoms with Gasteiger partial charge in [0, 0.05) is 11.3 Å². The largest absolute Gasteiger partial charge is 0.322 e. The molecule has 3 aromatic carbocycles. The van der Waals surface area contributed by atoms with E-state index in [-0.39, 0.29) is 11.5 Å². The van der Waals surface area contributed by atoms with E-state index in [9.17, 15) is 4.79 Å². The Labute approximate surface area is 156 Å². The molecule has 0 aliphatic carbocycles. The first-order valence-corrected chi connectivity index (χ1v) is 8.02. The van der Waals surface area contributed by atoms with Gasteiger partial charge in [-0.2, -0.15) is 20.8 Å². The summed E-state index contributed by atoms with van der Waals surface area (Å²) in [7, 11) is 0. The topological polar surface area (TPSA) is 101 Å². The lowest BCUT2D eigenvalue weighted by Crippen LogP contribution is -2.11. The molecule has 27 heavy (non-hydrogen) atoms. The highest BCUT2D eigenvalue weighted by Crippen LogP contribution is 2.22. The zero-order valence-electron chi connectivity index (χ0n) is 14.1. The predicted molar refractivity (Wildman–Crippen MR) is 101 cm³/mol. The summed E-state index contributed by atoms with van der Waals surface area (Å²) in [5, 5.41) is 29.0. The Balaban J connectivity index is 1.69. The Kier molecular flexibility index (Phi) is 5.32. The van der Waals surface area contributed by atoms with Crippen LogP contribution in [0.4, 0.5) is 17.1 Å². The molecule has 0 saturated heterocycles. The summed E-state index contributed by atoms with van der Waals surface area (Å²) in [5.41, 5.74) is 2.86. The fourth-order valence-corrected chi connectivity index (χ4v) is 2.30. The fourth-order valence-electron chi connectivity index (χ4n) is 2.30. The Morgan fingerprint density at radius 2 is 1.41 bits per heavy atom. The number of amides is 1. The number of anilines is 1. The van der Waals surface area contributed by atoms with Crippen LogP contribution in [0.5, 0.6) is 0 Å². The standard InChI is InChI=1S/C21H13N5O/c22-13-16-6-7-20(12-17(16)14-23)26-25-19-10-8-18(9-11-19)24-21(27)15-4-2-1-3-5-15/h1-12H,(H,24,27). The maximum absolute atomic E-state index is 12.1. The molecule has 0 aromatic heterocycles. The van der Waals surface area contributed by atoms with Gasteiger partial charge in [0.15, 0.2) is 0 Å². The van der Waals surface area contributed by atoms with Crippen LogP contribution in [0.25, 0.3) is 0 Å². The van der Waals surface area contributed by atoms with Gasteiger partial charge in [0.05, 0.1) is 22.5 Å². The van der Waals surface area contributed by atoms with E-state index in [2.05, 4.69) is 15.5 Å². The van der Waals surface area contributed by atoms with Gasteiger partial charge in [0.2, 0.25) is 0 Å². The second-order valence-corrected chi connectivity index (χ2v) is 5.52. The number of nitriles is 2. The number of azo groups is 1. The van der Waals surface area contributed by atoms with Gasteiger partial charge in [-0.25, -0.2) is 0 Å². The molecule has 128 valence electrons. The van der Waals surface area contributed by atoms with Crippen molar-refractivity contribution in [1.82, 2.24) is 0 Å². The molecule has 1 N–H and O–H groups in total. The molecular formula is C21H13N5O. The zero-order valence-corrected chi connectivity index (χ0v) is 14.1. The number of rotatable bonds is 4. The number of nitrogens with zero attached hydrogens (tertiary/aromatic N) is 4. The number of hydrogen-bond acceptors (Lipinski definition) is 5. The first-order chi connectivity index (χ1) is 13.2. The summed E-state index contributed by atoms with van der Waals surface area (Å²) in [5.74, 6) is -0.188. The minimum Gasteiger partial charge on any atom is -0.322 e. The maximum Gasteiger partial charge on any atom is 0.255 e. The highest BCUT2D eigenvalue weighted by Gasteiger charge is 2.05. The first-order valence-electron chi connectivity index (χ1n) is 8.02. The summed E-state index contributed by atoms with van der Waals surface area (Å²) in [6, 6.07) is 24.4. The van der Waals surface area contributed by atoms with Crippen LogP contribution in [0.15, 0.2) is 83.0 Å². The van der Waals surface area contributed by atoms with Gasteiger partial charge < -0.3 is 5.32 Å². The number of hydrogen-bond donors (Lipinski definition) is 1. The van der Waals surface area contributed by atoms with E-state index in [1.54, 1.807) is 54.6 Å². The Hall–Kier alpha value is -4.29. The van der Waals surface area contributed by atoms with Crippen LogP contribution in [0.3, 0.4) is 0 Å². The molecule has 0 heterocycles. The molecule has 0 radical (unpaired) electrons. The Morgan fingerprint density at radius 1 is 0.778 bits per heavy atom. The lowest BCUT2D eigenvalue weighted by atomic mass is 10.1. The van der Waals surface area contributed by atoms with Crippen LogP contribution in [0.2, 0.25) is 0 Å². The predicted octanol–water partition coefficient (Wildman–Crippen LogP) is 5.10. The van der Waals surface area contributed by atoms with Crippen molar-refractivity contribution in [3.05, 3.63) is 89.5 Å². The van der Waals surface area contributed by atoms with Gasteiger partial charge >= 0.3 is 0 Å². The average molecular weight is 351 g/mol. The van der Waals surface area contributed by atoms with Crippen LogP contribution in [-0.4, -0.2) is 5.91 Å². The first kappa shape index (κ1) is 17.5. The Morgan fingerprint density at radius 3 is 2.07 bits per heavy atom. The van der Waals surface area contributed by atoms with Crippen LogP contribution < -0.4 is 5.32 Å².